The molecule has 2 aromatic rings. The van der Waals surface area contributed by atoms with Crippen LogP contribution < -0.4 is 4.74 Å². The normalized spacial score (nSPS) is 10.1. The lowest BCUT2D eigenvalue weighted by molar-refractivity contribution is 0.101. The Balaban J connectivity index is 2.65. The lowest BCUT2D eigenvalue weighted by Crippen LogP contribution is -2.06. The van der Waals surface area contributed by atoms with Crippen LogP contribution in [0.2, 0.25) is 0 Å². The largest absolute Gasteiger partial charge is 0.496 e. The maximum absolute atomic E-state index is 11.6. The van der Waals surface area contributed by atoms with Crippen molar-refractivity contribution in [2.24, 2.45) is 0 Å². The van der Waals surface area contributed by atoms with Crippen LogP contribution in [-0.4, -0.2) is 27.7 Å². The summed E-state index contributed by atoms with van der Waals surface area (Å²) >= 11 is 0. The van der Waals surface area contributed by atoms with E-state index in [0.29, 0.717) is 17.0 Å². The van der Waals surface area contributed by atoms with Crippen LogP contribution in [0.25, 0.3) is 5.69 Å². The fourth-order valence-corrected chi connectivity index (χ4v) is 1.57. The molecule has 5 heteroatoms. The van der Waals surface area contributed by atoms with Gasteiger partial charge in [0.2, 0.25) is 0 Å². The molecule has 1 heterocycles. The first kappa shape index (κ1) is 10.4. The number of carbonyl (C=O) groups excluding carboxylic acids is 1. The molecule has 0 N–H and O–H groups in total. The fraction of sp³-hybridized carbons (Fsp3) is 0.182. The first-order valence-corrected chi connectivity index (χ1v) is 4.77. The minimum atomic E-state index is -0.0667. The molecular weight excluding hydrogens is 206 g/mol. The third-order valence-electron chi connectivity index (χ3n) is 2.24. The molecule has 0 aliphatic rings. The number of benzene rings is 1. The van der Waals surface area contributed by atoms with Gasteiger partial charge in [0.05, 0.1) is 18.4 Å². The first-order valence-electron chi connectivity index (χ1n) is 4.77. The number of methoxy groups -OCH3 is 1. The maximum Gasteiger partial charge on any atom is 0.165 e. The van der Waals surface area contributed by atoms with Gasteiger partial charge in [-0.1, -0.05) is 6.07 Å². The average Bonchev–Trinajstić information content (AvgIpc) is 2.81. The molecule has 0 amide bonds. The van der Waals surface area contributed by atoms with Gasteiger partial charge in [0.25, 0.3) is 0 Å². The van der Waals surface area contributed by atoms with Gasteiger partial charge in [0, 0.05) is 0 Å². The molecule has 2 rings (SSSR count). The summed E-state index contributed by atoms with van der Waals surface area (Å²) in [5.74, 6) is 0.475. The van der Waals surface area contributed by atoms with Crippen LogP contribution in [0, 0.1) is 0 Å². The molecule has 5 nitrogen and oxygen atoms in total. The minimum absolute atomic E-state index is 0.0667. The van der Waals surface area contributed by atoms with E-state index in [1.54, 1.807) is 23.1 Å². The number of Topliss-reactive ketones (excluding diaryl/α,β-unsaturated/α-hetero) is 1. The fourth-order valence-electron chi connectivity index (χ4n) is 1.57. The molecule has 0 spiro atoms. The number of ether oxygens (including phenoxy) is 1. The van der Waals surface area contributed by atoms with Crippen molar-refractivity contribution in [3.05, 3.63) is 36.4 Å². The molecule has 16 heavy (non-hydrogen) atoms. The Hall–Kier alpha value is -2.17. The molecule has 1 aromatic carbocycles. The summed E-state index contributed by atoms with van der Waals surface area (Å²) in [4.78, 5) is 15.5. The monoisotopic (exact) mass is 217 g/mol. The highest BCUT2D eigenvalue weighted by molar-refractivity contribution is 6.00. The zero-order valence-electron chi connectivity index (χ0n) is 9.04. The quantitative estimate of drug-likeness (QED) is 0.731. The Morgan fingerprint density at radius 1 is 1.44 bits per heavy atom. The van der Waals surface area contributed by atoms with Crippen molar-refractivity contribution in [2.45, 2.75) is 6.92 Å². The molecule has 0 aliphatic heterocycles. The Morgan fingerprint density at radius 3 is 2.81 bits per heavy atom. The van der Waals surface area contributed by atoms with Gasteiger partial charge in [-0.05, 0) is 19.1 Å². The van der Waals surface area contributed by atoms with Crippen molar-refractivity contribution >= 4 is 5.78 Å². The molecule has 0 saturated carbocycles. The minimum Gasteiger partial charge on any atom is -0.496 e. The average molecular weight is 217 g/mol. The predicted octanol–water partition coefficient (Wildman–Crippen LogP) is 1.48. The van der Waals surface area contributed by atoms with E-state index in [2.05, 4.69) is 10.1 Å². The van der Waals surface area contributed by atoms with Crippen LogP contribution in [0.4, 0.5) is 0 Å². The van der Waals surface area contributed by atoms with Crippen LogP contribution >= 0.6 is 0 Å². The van der Waals surface area contributed by atoms with E-state index in [1.807, 2.05) is 6.07 Å². The number of carbonyl (C=O) groups is 1. The van der Waals surface area contributed by atoms with Crippen LogP contribution in [0.1, 0.15) is 17.3 Å². The predicted molar refractivity (Wildman–Crippen MR) is 57.9 cm³/mol. The van der Waals surface area contributed by atoms with Crippen LogP contribution in [-0.2, 0) is 0 Å². The van der Waals surface area contributed by atoms with Crippen molar-refractivity contribution in [3.8, 4) is 11.4 Å². The summed E-state index contributed by atoms with van der Waals surface area (Å²) in [5, 5.41) is 4.00. The molecule has 0 unspecified atom stereocenters. The Kier molecular flexibility index (Phi) is 2.68. The summed E-state index contributed by atoms with van der Waals surface area (Å²) in [7, 11) is 1.53. The Morgan fingerprint density at radius 2 is 2.25 bits per heavy atom. The molecule has 1 aromatic heterocycles. The van der Waals surface area contributed by atoms with Gasteiger partial charge in [-0.15, -0.1) is 0 Å². The highest BCUT2D eigenvalue weighted by atomic mass is 16.5. The molecule has 82 valence electrons. The third-order valence-corrected chi connectivity index (χ3v) is 2.24. The number of hydrogen-bond acceptors (Lipinski definition) is 4. The zero-order valence-corrected chi connectivity index (χ0v) is 9.04. The van der Waals surface area contributed by atoms with Gasteiger partial charge in [-0.2, -0.15) is 5.10 Å². The second-order valence-corrected chi connectivity index (χ2v) is 3.25. The van der Waals surface area contributed by atoms with E-state index < -0.39 is 0 Å². The maximum atomic E-state index is 11.6. The smallest absolute Gasteiger partial charge is 0.165 e. The molecule has 0 saturated heterocycles. The van der Waals surface area contributed by atoms with Gasteiger partial charge in [0.1, 0.15) is 18.4 Å². The number of nitrogens with zero attached hydrogens (tertiary/aromatic N) is 3. The molecule has 0 aliphatic carbocycles. The SMILES string of the molecule is COc1cccc(-n2cncn2)c1C(C)=O. The zero-order chi connectivity index (χ0) is 11.5. The number of hydrogen-bond donors (Lipinski definition) is 0. The lowest BCUT2D eigenvalue weighted by atomic mass is 10.1. The first-order chi connectivity index (χ1) is 7.74. The molecule has 0 atom stereocenters. The van der Waals surface area contributed by atoms with Crippen LogP contribution in [0.5, 0.6) is 5.75 Å². The van der Waals surface area contributed by atoms with Gasteiger partial charge >= 0.3 is 0 Å². The van der Waals surface area contributed by atoms with E-state index in [4.69, 9.17) is 4.74 Å². The van der Waals surface area contributed by atoms with Gasteiger partial charge < -0.3 is 4.74 Å². The highest BCUT2D eigenvalue weighted by Crippen LogP contribution is 2.24. The Labute approximate surface area is 92.7 Å². The third kappa shape index (κ3) is 1.67. The Bertz CT molecular complexity index is 506. The molecule has 0 fully saturated rings. The topological polar surface area (TPSA) is 57.0 Å². The number of rotatable bonds is 3. The van der Waals surface area contributed by atoms with E-state index in [0.717, 1.165) is 0 Å². The highest BCUT2D eigenvalue weighted by Gasteiger charge is 2.14. The summed E-state index contributed by atoms with van der Waals surface area (Å²) in [6.45, 7) is 1.50. The molecular formula is C11H11N3O2. The number of ketones is 1. The summed E-state index contributed by atoms with van der Waals surface area (Å²) in [5.41, 5.74) is 1.18. The second-order valence-electron chi connectivity index (χ2n) is 3.25. The van der Waals surface area contributed by atoms with Crippen molar-refractivity contribution in [3.63, 3.8) is 0 Å². The van der Waals surface area contributed by atoms with Crippen molar-refractivity contribution in [1.82, 2.24) is 14.8 Å². The van der Waals surface area contributed by atoms with Crippen molar-refractivity contribution < 1.29 is 9.53 Å². The standard InChI is InChI=1S/C11H11N3O2/c1-8(15)11-9(14-7-12-6-13-14)4-3-5-10(11)16-2/h3-7H,1-2H3. The van der Waals surface area contributed by atoms with Crippen molar-refractivity contribution in [1.29, 1.82) is 0 Å². The van der Waals surface area contributed by atoms with Gasteiger partial charge in [-0.3, -0.25) is 4.79 Å². The van der Waals surface area contributed by atoms with Crippen molar-refractivity contribution in [2.75, 3.05) is 7.11 Å². The molecule has 0 bridgehead atoms. The van der Waals surface area contributed by atoms with E-state index in [1.165, 1.54) is 20.4 Å². The number of aromatic nitrogens is 3. The summed E-state index contributed by atoms with van der Waals surface area (Å²) < 4.78 is 6.70. The van der Waals surface area contributed by atoms with Crippen LogP contribution in [0.3, 0.4) is 0 Å². The van der Waals surface area contributed by atoms with E-state index >= 15 is 0 Å². The summed E-state index contributed by atoms with van der Waals surface area (Å²) in [6.07, 6.45) is 2.96. The van der Waals surface area contributed by atoms with Crippen LogP contribution in [0.15, 0.2) is 30.9 Å². The van der Waals surface area contributed by atoms with Gasteiger partial charge in [0.15, 0.2) is 5.78 Å². The molecule has 0 radical (unpaired) electrons. The van der Waals surface area contributed by atoms with E-state index in [9.17, 15) is 4.79 Å². The second kappa shape index (κ2) is 4.14. The van der Waals surface area contributed by atoms with Gasteiger partial charge in [-0.25, -0.2) is 9.67 Å². The summed E-state index contributed by atoms with van der Waals surface area (Å²) in [6, 6.07) is 5.35. The lowest BCUT2D eigenvalue weighted by Gasteiger charge is -2.10. The van der Waals surface area contributed by atoms with E-state index in [-0.39, 0.29) is 5.78 Å².